The highest BCUT2D eigenvalue weighted by molar-refractivity contribution is 6.42. The Kier molecular flexibility index (Phi) is 7.16. The van der Waals surface area contributed by atoms with Crippen LogP contribution in [0.3, 0.4) is 0 Å². The predicted octanol–water partition coefficient (Wildman–Crippen LogP) is 3.51. The SMILES string of the molecule is Cc1cc(CCC(N)N(C)C)nc(NC(=O)Nc2ccc(Cl)c(Cl)c2)n1. The van der Waals surface area contributed by atoms with Gasteiger partial charge in [0.1, 0.15) is 0 Å². The number of urea groups is 1. The quantitative estimate of drug-likeness (QED) is 0.649. The molecule has 1 aromatic carbocycles. The van der Waals surface area contributed by atoms with Gasteiger partial charge in [-0.05, 0) is 58.1 Å². The molecule has 0 aliphatic rings. The Labute approximate surface area is 162 Å². The summed E-state index contributed by atoms with van der Waals surface area (Å²) < 4.78 is 0. The lowest BCUT2D eigenvalue weighted by atomic mass is 10.2. The Hall–Kier alpha value is -1.93. The van der Waals surface area contributed by atoms with Crippen LogP contribution in [0, 0.1) is 6.92 Å². The zero-order chi connectivity index (χ0) is 19.3. The molecule has 0 saturated carbocycles. The molecule has 1 atom stereocenters. The van der Waals surface area contributed by atoms with Crippen molar-refractivity contribution in [2.45, 2.75) is 25.9 Å². The fourth-order valence-electron chi connectivity index (χ4n) is 2.21. The number of nitrogens with two attached hydrogens (primary N) is 1. The van der Waals surface area contributed by atoms with E-state index >= 15 is 0 Å². The summed E-state index contributed by atoms with van der Waals surface area (Å²) in [5, 5.41) is 6.06. The summed E-state index contributed by atoms with van der Waals surface area (Å²) in [5.41, 5.74) is 8.11. The maximum absolute atomic E-state index is 12.2. The molecular formula is C17H22Cl2N6O. The number of carbonyl (C=O) groups is 1. The summed E-state index contributed by atoms with van der Waals surface area (Å²) in [6.07, 6.45) is 1.38. The van der Waals surface area contributed by atoms with Gasteiger partial charge in [-0.2, -0.15) is 0 Å². The predicted molar refractivity (Wildman–Crippen MR) is 106 cm³/mol. The number of aromatic nitrogens is 2. The molecule has 0 aliphatic heterocycles. The first-order chi connectivity index (χ1) is 12.2. The van der Waals surface area contributed by atoms with E-state index in [0.717, 1.165) is 17.8 Å². The van der Waals surface area contributed by atoms with Gasteiger partial charge in [0, 0.05) is 17.1 Å². The molecule has 2 aromatic rings. The third-order valence-corrected chi connectivity index (χ3v) is 4.41. The van der Waals surface area contributed by atoms with Crippen molar-refractivity contribution in [3.05, 3.63) is 45.7 Å². The number of halogens is 2. The number of carbonyl (C=O) groups excluding carboxylic acids is 1. The van der Waals surface area contributed by atoms with Gasteiger partial charge in [0.25, 0.3) is 0 Å². The van der Waals surface area contributed by atoms with Crippen LogP contribution in [0.5, 0.6) is 0 Å². The lowest BCUT2D eigenvalue weighted by Gasteiger charge is -2.19. The van der Waals surface area contributed by atoms with E-state index < -0.39 is 6.03 Å². The van der Waals surface area contributed by atoms with Crippen LogP contribution in [-0.2, 0) is 6.42 Å². The Morgan fingerprint density at radius 3 is 2.58 bits per heavy atom. The number of aryl methyl sites for hydroxylation is 2. The molecule has 0 radical (unpaired) electrons. The second-order valence-electron chi connectivity index (χ2n) is 6.10. The van der Waals surface area contributed by atoms with E-state index in [1.54, 1.807) is 18.2 Å². The zero-order valence-corrected chi connectivity index (χ0v) is 16.4. The van der Waals surface area contributed by atoms with Crippen molar-refractivity contribution in [3.63, 3.8) is 0 Å². The third-order valence-electron chi connectivity index (χ3n) is 3.67. The van der Waals surface area contributed by atoms with E-state index in [0.29, 0.717) is 22.2 Å². The smallest absolute Gasteiger partial charge is 0.316 e. The van der Waals surface area contributed by atoms with Crippen LogP contribution in [0.2, 0.25) is 10.0 Å². The maximum atomic E-state index is 12.2. The van der Waals surface area contributed by atoms with Gasteiger partial charge in [-0.25, -0.2) is 14.8 Å². The fourth-order valence-corrected chi connectivity index (χ4v) is 2.51. The number of nitrogens with one attached hydrogen (secondary N) is 2. The van der Waals surface area contributed by atoms with Gasteiger partial charge < -0.3 is 11.1 Å². The van der Waals surface area contributed by atoms with E-state index in [4.69, 9.17) is 28.9 Å². The molecule has 0 aliphatic carbocycles. The Bertz CT molecular complexity index is 784. The molecular weight excluding hydrogens is 375 g/mol. The highest BCUT2D eigenvalue weighted by atomic mass is 35.5. The Morgan fingerprint density at radius 2 is 1.92 bits per heavy atom. The summed E-state index contributed by atoms with van der Waals surface area (Å²) in [5.74, 6) is 0.232. The normalized spacial score (nSPS) is 12.1. The second kappa shape index (κ2) is 9.14. The first kappa shape index (κ1) is 20.4. The number of amides is 2. The molecule has 0 saturated heterocycles. The summed E-state index contributed by atoms with van der Waals surface area (Å²) in [6.45, 7) is 1.85. The summed E-state index contributed by atoms with van der Waals surface area (Å²) in [7, 11) is 3.85. The average molecular weight is 397 g/mol. The molecule has 0 fully saturated rings. The lowest BCUT2D eigenvalue weighted by molar-refractivity contribution is 0.262. The number of rotatable bonds is 6. The third kappa shape index (κ3) is 6.10. The lowest BCUT2D eigenvalue weighted by Crippen LogP contribution is -2.36. The van der Waals surface area contributed by atoms with Crippen LogP contribution in [0.1, 0.15) is 17.8 Å². The number of hydrogen-bond donors (Lipinski definition) is 3. The summed E-state index contributed by atoms with van der Waals surface area (Å²) >= 11 is 11.8. The monoisotopic (exact) mass is 396 g/mol. The van der Waals surface area contributed by atoms with Crippen molar-refractivity contribution in [2.24, 2.45) is 5.73 Å². The number of hydrogen-bond acceptors (Lipinski definition) is 5. The molecule has 9 heteroatoms. The van der Waals surface area contributed by atoms with Crippen LogP contribution >= 0.6 is 23.2 Å². The average Bonchev–Trinajstić information content (AvgIpc) is 2.55. The largest absolute Gasteiger partial charge is 0.326 e. The van der Waals surface area contributed by atoms with E-state index in [2.05, 4.69) is 20.6 Å². The zero-order valence-electron chi connectivity index (χ0n) is 14.9. The van der Waals surface area contributed by atoms with Crippen molar-refractivity contribution >= 4 is 40.9 Å². The van der Waals surface area contributed by atoms with Gasteiger partial charge in [-0.15, -0.1) is 0 Å². The van der Waals surface area contributed by atoms with Gasteiger partial charge in [-0.3, -0.25) is 10.2 Å². The topological polar surface area (TPSA) is 96.2 Å². The molecule has 2 rings (SSSR count). The minimum absolute atomic E-state index is 0.0559. The first-order valence-electron chi connectivity index (χ1n) is 8.04. The maximum Gasteiger partial charge on any atom is 0.326 e. The van der Waals surface area contributed by atoms with Crippen molar-refractivity contribution in [2.75, 3.05) is 24.7 Å². The van der Waals surface area contributed by atoms with Crippen molar-refractivity contribution in [1.82, 2.24) is 14.9 Å². The summed E-state index contributed by atoms with van der Waals surface area (Å²) in [4.78, 5) is 22.7. The van der Waals surface area contributed by atoms with Crippen LogP contribution in [0.25, 0.3) is 0 Å². The van der Waals surface area contributed by atoms with Crippen molar-refractivity contribution in [1.29, 1.82) is 0 Å². The van der Waals surface area contributed by atoms with Crippen LogP contribution in [0.4, 0.5) is 16.4 Å². The molecule has 140 valence electrons. The standard InChI is InChI=1S/C17H22Cl2N6O/c1-10-8-11(5-7-15(20)25(2)3)22-16(21-10)24-17(26)23-12-4-6-13(18)14(19)9-12/h4,6,8-9,15H,5,7,20H2,1-3H3,(H2,21,22,23,24,26). The fraction of sp³-hybridized carbons (Fsp3) is 0.353. The van der Waals surface area contributed by atoms with Gasteiger partial charge >= 0.3 is 6.03 Å². The molecule has 1 unspecified atom stereocenters. The molecule has 0 bridgehead atoms. The van der Waals surface area contributed by atoms with Gasteiger partial charge in [0.05, 0.1) is 16.2 Å². The highest BCUT2D eigenvalue weighted by Crippen LogP contribution is 2.25. The molecule has 2 amide bonds. The van der Waals surface area contributed by atoms with Crippen molar-refractivity contribution in [3.8, 4) is 0 Å². The number of anilines is 2. The van der Waals surface area contributed by atoms with Crippen LogP contribution < -0.4 is 16.4 Å². The second-order valence-corrected chi connectivity index (χ2v) is 6.92. The molecule has 1 aromatic heterocycles. The number of benzene rings is 1. The van der Waals surface area contributed by atoms with Crippen LogP contribution in [0.15, 0.2) is 24.3 Å². The molecule has 1 heterocycles. The Morgan fingerprint density at radius 1 is 1.19 bits per heavy atom. The van der Waals surface area contributed by atoms with E-state index in [-0.39, 0.29) is 12.1 Å². The van der Waals surface area contributed by atoms with Gasteiger partial charge in [-0.1, -0.05) is 23.2 Å². The van der Waals surface area contributed by atoms with E-state index in [1.165, 1.54) is 0 Å². The van der Waals surface area contributed by atoms with Crippen LogP contribution in [-0.4, -0.2) is 41.2 Å². The molecule has 0 spiro atoms. The van der Waals surface area contributed by atoms with Gasteiger partial charge in [0.15, 0.2) is 0 Å². The first-order valence-corrected chi connectivity index (χ1v) is 8.80. The van der Waals surface area contributed by atoms with Gasteiger partial charge in [0.2, 0.25) is 5.95 Å². The number of nitrogens with zero attached hydrogens (tertiary/aromatic N) is 3. The van der Waals surface area contributed by atoms with Crippen molar-refractivity contribution < 1.29 is 4.79 Å². The highest BCUT2D eigenvalue weighted by Gasteiger charge is 2.10. The summed E-state index contributed by atoms with van der Waals surface area (Å²) in [6, 6.07) is 6.23. The minimum Gasteiger partial charge on any atom is -0.316 e. The molecule has 4 N–H and O–H groups in total. The molecule has 7 nitrogen and oxygen atoms in total. The Balaban J connectivity index is 2.01. The van der Waals surface area contributed by atoms with E-state index in [9.17, 15) is 4.79 Å². The van der Waals surface area contributed by atoms with E-state index in [1.807, 2.05) is 32.0 Å². The molecule has 26 heavy (non-hydrogen) atoms. The minimum atomic E-state index is -0.468.